The summed E-state index contributed by atoms with van der Waals surface area (Å²) in [4.78, 5) is 13.2. The number of carbonyl (C=O) groups excluding carboxylic acids is 1. The van der Waals surface area contributed by atoms with Crippen molar-refractivity contribution >= 4 is 58.9 Å². The number of benzene rings is 1. The number of rotatable bonds is 2. The van der Waals surface area contributed by atoms with Crippen LogP contribution in [-0.4, -0.2) is 26.1 Å². The Morgan fingerprint density at radius 1 is 1.39 bits per heavy atom. The van der Waals surface area contributed by atoms with Gasteiger partial charge in [0.25, 0.3) is 0 Å². The lowest BCUT2D eigenvalue weighted by atomic mass is 10.3. The maximum absolute atomic E-state index is 11.8. The van der Waals surface area contributed by atoms with Crippen molar-refractivity contribution in [2.24, 2.45) is 0 Å². The van der Waals surface area contributed by atoms with Crippen molar-refractivity contribution in [3.8, 4) is 0 Å². The van der Waals surface area contributed by atoms with Crippen LogP contribution in [0.5, 0.6) is 0 Å². The molecule has 0 radical (unpaired) electrons. The molecule has 1 amide bonds. The van der Waals surface area contributed by atoms with Gasteiger partial charge in [-0.25, -0.2) is 8.42 Å². The molecule has 1 aromatic rings. The zero-order chi connectivity index (χ0) is 13.5. The number of nitrogens with zero attached hydrogens (tertiary/aromatic N) is 1. The molecule has 2 rings (SSSR count). The third-order valence-electron chi connectivity index (χ3n) is 2.69. The predicted octanol–water partition coefficient (Wildman–Crippen LogP) is 2.78. The van der Waals surface area contributed by atoms with E-state index in [-0.39, 0.29) is 18.9 Å². The summed E-state index contributed by atoms with van der Waals surface area (Å²) in [5.74, 6) is -0.271. The zero-order valence-electron chi connectivity index (χ0n) is 8.94. The largest absolute Gasteiger partial charge is 0.310 e. The molecule has 0 N–H and O–H groups in total. The van der Waals surface area contributed by atoms with Crippen LogP contribution in [0, 0.1) is 0 Å². The lowest BCUT2D eigenvalue weighted by Gasteiger charge is -2.18. The Balaban J connectivity index is 2.33. The van der Waals surface area contributed by atoms with Crippen molar-refractivity contribution in [1.82, 2.24) is 0 Å². The number of carbonyl (C=O) groups is 1. The van der Waals surface area contributed by atoms with Crippen LogP contribution < -0.4 is 4.90 Å². The molecule has 0 aromatic heterocycles. The fourth-order valence-electron chi connectivity index (χ4n) is 1.80. The second-order valence-electron chi connectivity index (χ2n) is 3.90. The first-order valence-electron chi connectivity index (χ1n) is 4.98. The third-order valence-corrected chi connectivity index (χ3v) is 5.43. The predicted molar refractivity (Wildman–Crippen MR) is 74.7 cm³/mol. The fraction of sp³-hybridized carbons (Fsp3) is 0.300. The first-order valence-corrected chi connectivity index (χ1v) is 8.52. The average Bonchev–Trinajstić information content (AvgIpc) is 2.60. The Bertz CT molecular complexity index is 605. The molecule has 1 saturated heterocycles. The monoisotopic (exact) mass is 371 g/mol. The molecule has 8 heteroatoms. The highest BCUT2D eigenvalue weighted by molar-refractivity contribution is 9.10. The Labute approximate surface area is 122 Å². The van der Waals surface area contributed by atoms with Gasteiger partial charge in [-0.05, 0) is 34.1 Å². The fourth-order valence-corrected chi connectivity index (χ4v) is 3.72. The van der Waals surface area contributed by atoms with E-state index in [1.54, 1.807) is 18.2 Å². The lowest BCUT2D eigenvalue weighted by Crippen LogP contribution is -2.27. The molecule has 1 aromatic carbocycles. The first-order chi connectivity index (χ1) is 8.29. The van der Waals surface area contributed by atoms with Crippen molar-refractivity contribution in [2.45, 2.75) is 11.7 Å². The van der Waals surface area contributed by atoms with Crippen LogP contribution in [0.25, 0.3) is 0 Å². The maximum Gasteiger partial charge on any atom is 0.237 e. The van der Waals surface area contributed by atoms with Crippen LogP contribution in [0.1, 0.15) is 6.42 Å². The zero-order valence-corrected chi connectivity index (χ0v) is 12.9. The SMILES string of the molecule is O=C1CC(S(=O)(=O)Cl)CN1c1ccc(Cl)cc1Br. The summed E-state index contributed by atoms with van der Waals surface area (Å²) in [6.45, 7) is 0.0604. The minimum Gasteiger partial charge on any atom is -0.310 e. The molecule has 18 heavy (non-hydrogen) atoms. The van der Waals surface area contributed by atoms with E-state index in [4.69, 9.17) is 22.3 Å². The van der Waals surface area contributed by atoms with E-state index in [2.05, 4.69) is 15.9 Å². The van der Waals surface area contributed by atoms with Gasteiger partial charge in [-0.2, -0.15) is 0 Å². The molecule has 0 spiro atoms. The van der Waals surface area contributed by atoms with Gasteiger partial charge in [0, 0.05) is 33.1 Å². The molecule has 1 aliphatic heterocycles. The molecule has 1 fully saturated rings. The third kappa shape index (κ3) is 2.82. The highest BCUT2D eigenvalue weighted by atomic mass is 79.9. The van der Waals surface area contributed by atoms with Crippen LogP contribution in [0.2, 0.25) is 5.02 Å². The topological polar surface area (TPSA) is 54.5 Å². The maximum atomic E-state index is 11.8. The molecule has 0 aliphatic carbocycles. The minimum atomic E-state index is -3.73. The van der Waals surface area contributed by atoms with Gasteiger partial charge in [0.15, 0.2) is 0 Å². The molecular formula is C10H8BrCl2NO3S. The number of halogens is 3. The summed E-state index contributed by atoms with van der Waals surface area (Å²) in [5, 5.41) is -0.340. The summed E-state index contributed by atoms with van der Waals surface area (Å²) in [5.41, 5.74) is 0.590. The second kappa shape index (κ2) is 5.00. The Hall–Kier alpha value is -0.300. The van der Waals surface area contributed by atoms with E-state index in [0.29, 0.717) is 15.2 Å². The van der Waals surface area contributed by atoms with Crippen LogP contribution in [0.4, 0.5) is 5.69 Å². The van der Waals surface area contributed by atoms with Gasteiger partial charge in [-0.1, -0.05) is 11.6 Å². The quantitative estimate of drug-likeness (QED) is 0.750. The van der Waals surface area contributed by atoms with Crippen molar-refractivity contribution in [1.29, 1.82) is 0 Å². The van der Waals surface area contributed by atoms with Gasteiger partial charge in [0.2, 0.25) is 15.0 Å². The summed E-state index contributed by atoms with van der Waals surface area (Å²) in [6.07, 6.45) is -0.0963. The van der Waals surface area contributed by atoms with Gasteiger partial charge in [-0.15, -0.1) is 0 Å². The van der Waals surface area contributed by atoms with Gasteiger partial charge < -0.3 is 4.90 Å². The molecule has 1 aliphatic rings. The van der Waals surface area contributed by atoms with Crippen LogP contribution >= 0.6 is 38.2 Å². The Kier molecular flexibility index (Phi) is 3.92. The van der Waals surface area contributed by atoms with E-state index >= 15 is 0 Å². The summed E-state index contributed by atoms with van der Waals surface area (Å²) in [6, 6.07) is 4.94. The van der Waals surface area contributed by atoms with Crippen molar-refractivity contribution in [3.63, 3.8) is 0 Å². The standard InChI is InChI=1S/C10H8BrCl2NO3S/c11-8-3-6(12)1-2-9(8)14-5-7(4-10(14)15)18(13,16)17/h1-3,7H,4-5H2. The summed E-state index contributed by atoms with van der Waals surface area (Å²) in [7, 11) is 1.55. The van der Waals surface area contributed by atoms with Crippen molar-refractivity contribution < 1.29 is 13.2 Å². The first kappa shape index (κ1) is 14.1. The molecule has 0 bridgehead atoms. The average molecular weight is 373 g/mol. The molecule has 1 unspecified atom stereocenters. The molecule has 4 nitrogen and oxygen atoms in total. The van der Waals surface area contributed by atoms with Crippen LogP contribution in [0.3, 0.4) is 0 Å². The second-order valence-corrected chi connectivity index (χ2v) is 8.10. The van der Waals surface area contributed by atoms with Crippen LogP contribution in [0.15, 0.2) is 22.7 Å². The van der Waals surface area contributed by atoms with Gasteiger partial charge in [0.05, 0.1) is 5.69 Å². The number of anilines is 1. The van der Waals surface area contributed by atoms with Gasteiger partial charge in [-0.3, -0.25) is 4.79 Å². The number of hydrogen-bond acceptors (Lipinski definition) is 3. The smallest absolute Gasteiger partial charge is 0.237 e. The minimum absolute atomic E-state index is 0.0604. The highest BCUT2D eigenvalue weighted by Gasteiger charge is 2.38. The van der Waals surface area contributed by atoms with E-state index < -0.39 is 14.3 Å². The molecule has 0 saturated carbocycles. The summed E-state index contributed by atoms with van der Waals surface area (Å²) >= 11 is 9.11. The highest BCUT2D eigenvalue weighted by Crippen LogP contribution is 2.33. The van der Waals surface area contributed by atoms with E-state index in [0.717, 1.165) is 0 Å². The summed E-state index contributed by atoms with van der Waals surface area (Å²) < 4.78 is 23.1. The number of amides is 1. The number of hydrogen-bond donors (Lipinski definition) is 0. The Morgan fingerprint density at radius 2 is 2.06 bits per heavy atom. The lowest BCUT2D eigenvalue weighted by molar-refractivity contribution is -0.117. The van der Waals surface area contributed by atoms with Crippen molar-refractivity contribution in [2.75, 3.05) is 11.4 Å². The van der Waals surface area contributed by atoms with E-state index in [1.807, 2.05) is 0 Å². The molecule has 1 heterocycles. The van der Waals surface area contributed by atoms with Gasteiger partial charge in [0.1, 0.15) is 5.25 Å². The van der Waals surface area contributed by atoms with E-state index in [9.17, 15) is 13.2 Å². The normalized spacial score (nSPS) is 20.5. The van der Waals surface area contributed by atoms with Crippen molar-refractivity contribution in [3.05, 3.63) is 27.7 Å². The van der Waals surface area contributed by atoms with Crippen LogP contribution in [-0.2, 0) is 13.8 Å². The molecule has 1 atom stereocenters. The molecule has 98 valence electrons. The Morgan fingerprint density at radius 3 is 2.56 bits per heavy atom. The van der Waals surface area contributed by atoms with Gasteiger partial charge >= 0.3 is 0 Å². The van der Waals surface area contributed by atoms with E-state index in [1.165, 1.54) is 4.90 Å². The molecular weight excluding hydrogens is 365 g/mol.